The number of rotatable bonds is 5. The minimum atomic E-state index is -0.202. The molecule has 0 fully saturated rings. The number of halogens is 1. The van der Waals surface area contributed by atoms with Crippen LogP contribution in [0.15, 0.2) is 24.3 Å². The van der Waals surface area contributed by atoms with Crippen LogP contribution in [0.25, 0.3) is 0 Å². The first-order valence-electron chi connectivity index (χ1n) is 8.21. The first-order valence-corrected chi connectivity index (χ1v) is 8.59. The maximum atomic E-state index is 12.5. The number of carbonyl (C=O) groups excluding carboxylic acids is 1. The van der Waals surface area contributed by atoms with Crippen LogP contribution < -0.4 is 10.1 Å². The van der Waals surface area contributed by atoms with Gasteiger partial charge in [-0.1, -0.05) is 43.6 Å². The van der Waals surface area contributed by atoms with Crippen molar-refractivity contribution in [2.45, 2.75) is 39.8 Å². The molecule has 0 saturated heterocycles. The smallest absolute Gasteiger partial charge is 0.256 e. The second-order valence-electron chi connectivity index (χ2n) is 6.59. The van der Waals surface area contributed by atoms with Gasteiger partial charge in [0.1, 0.15) is 17.0 Å². The third-order valence-corrected chi connectivity index (χ3v) is 4.42. The van der Waals surface area contributed by atoms with E-state index in [0.717, 1.165) is 12.2 Å². The second kappa shape index (κ2) is 6.85. The van der Waals surface area contributed by atoms with E-state index in [4.69, 9.17) is 16.3 Å². The Hall–Kier alpha value is -2.01. The molecule has 5 nitrogen and oxygen atoms in total. The van der Waals surface area contributed by atoms with E-state index in [1.165, 1.54) is 5.56 Å². The third kappa shape index (κ3) is 3.41. The largest absolute Gasteiger partial charge is 0.488 e. The lowest BCUT2D eigenvalue weighted by Gasteiger charge is -2.12. The Morgan fingerprint density at radius 2 is 2.21 bits per heavy atom. The summed E-state index contributed by atoms with van der Waals surface area (Å²) >= 11 is 6.35. The van der Waals surface area contributed by atoms with Crippen molar-refractivity contribution < 1.29 is 9.53 Å². The van der Waals surface area contributed by atoms with Crippen LogP contribution in [0.1, 0.15) is 35.5 Å². The lowest BCUT2D eigenvalue weighted by molar-refractivity contribution is 0.0933. The van der Waals surface area contributed by atoms with Crippen molar-refractivity contribution in [3.63, 3.8) is 0 Å². The summed E-state index contributed by atoms with van der Waals surface area (Å²) in [5, 5.41) is 7.70. The topological polar surface area (TPSA) is 56.2 Å². The SMILES string of the molecule is Cc1nn(CC(C)C)c(Cl)c1C(=O)NCC1Cc2ccccc2O1. The average Bonchev–Trinajstić information content (AvgIpc) is 3.05. The Bertz CT molecular complexity index is 730. The van der Waals surface area contributed by atoms with Gasteiger partial charge in [-0.2, -0.15) is 5.10 Å². The molecular formula is C18H22ClN3O2. The maximum Gasteiger partial charge on any atom is 0.256 e. The summed E-state index contributed by atoms with van der Waals surface area (Å²) < 4.78 is 7.54. The van der Waals surface area contributed by atoms with Gasteiger partial charge in [0.25, 0.3) is 5.91 Å². The lowest BCUT2D eigenvalue weighted by Crippen LogP contribution is -2.34. The molecule has 0 spiro atoms. The predicted octanol–water partition coefficient (Wildman–Crippen LogP) is 3.23. The van der Waals surface area contributed by atoms with E-state index in [9.17, 15) is 4.79 Å². The molecule has 3 rings (SSSR count). The van der Waals surface area contributed by atoms with E-state index in [2.05, 4.69) is 24.3 Å². The molecule has 128 valence electrons. The van der Waals surface area contributed by atoms with Crippen LogP contribution in [-0.2, 0) is 13.0 Å². The molecule has 2 aromatic rings. The first-order chi connectivity index (χ1) is 11.5. The Kier molecular flexibility index (Phi) is 4.81. The number of amides is 1. The molecule has 0 bridgehead atoms. The molecule has 0 saturated carbocycles. The highest BCUT2D eigenvalue weighted by Gasteiger charge is 2.25. The fraction of sp³-hybridized carbons (Fsp3) is 0.444. The third-order valence-electron chi connectivity index (χ3n) is 4.03. The highest BCUT2D eigenvalue weighted by atomic mass is 35.5. The van der Waals surface area contributed by atoms with Crippen LogP contribution in [0.2, 0.25) is 5.15 Å². The first kappa shape index (κ1) is 16.8. The standard InChI is InChI=1S/C18H22ClN3O2/c1-11(2)10-22-17(19)16(12(3)21-22)18(23)20-9-14-8-13-6-4-5-7-15(13)24-14/h4-7,11,14H,8-10H2,1-3H3,(H,20,23). The summed E-state index contributed by atoms with van der Waals surface area (Å²) in [6.45, 7) is 7.11. The number of ether oxygens (including phenoxy) is 1. The quantitative estimate of drug-likeness (QED) is 0.903. The molecule has 0 aliphatic carbocycles. The summed E-state index contributed by atoms with van der Waals surface area (Å²) in [5.41, 5.74) is 2.28. The van der Waals surface area contributed by atoms with Crippen LogP contribution in [0.5, 0.6) is 5.75 Å². The van der Waals surface area contributed by atoms with Crippen molar-refractivity contribution in [2.75, 3.05) is 6.54 Å². The number of hydrogen-bond acceptors (Lipinski definition) is 3. The average molecular weight is 348 g/mol. The summed E-state index contributed by atoms with van der Waals surface area (Å²) in [6, 6.07) is 7.95. The Labute approximate surface area is 147 Å². The lowest BCUT2D eigenvalue weighted by atomic mass is 10.1. The van der Waals surface area contributed by atoms with Crippen molar-refractivity contribution in [1.29, 1.82) is 0 Å². The number of fused-ring (bicyclic) bond motifs is 1. The van der Waals surface area contributed by atoms with Crippen molar-refractivity contribution in [3.05, 3.63) is 46.2 Å². The molecular weight excluding hydrogens is 326 g/mol. The predicted molar refractivity (Wildman–Crippen MR) is 93.7 cm³/mol. The maximum absolute atomic E-state index is 12.5. The second-order valence-corrected chi connectivity index (χ2v) is 6.95. The van der Waals surface area contributed by atoms with Gasteiger partial charge < -0.3 is 10.1 Å². The molecule has 1 unspecified atom stereocenters. The monoisotopic (exact) mass is 347 g/mol. The van der Waals surface area contributed by atoms with E-state index >= 15 is 0 Å². The number of hydrogen-bond donors (Lipinski definition) is 1. The van der Waals surface area contributed by atoms with Gasteiger partial charge in [0.2, 0.25) is 0 Å². The molecule has 6 heteroatoms. The Morgan fingerprint density at radius 1 is 1.46 bits per heavy atom. The van der Waals surface area contributed by atoms with E-state index in [-0.39, 0.29) is 12.0 Å². The number of benzene rings is 1. The van der Waals surface area contributed by atoms with Gasteiger partial charge in [-0.05, 0) is 24.5 Å². The number of nitrogens with zero attached hydrogens (tertiary/aromatic N) is 2. The highest BCUT2D eigenvalue weighted by Crippen LogP contribution is 2.28. The number of carbonyl (C=O) groups is 1. The number of aryl methyl sites for hydroxylation is 1. The summed E-state index contributed by atoms with van der Waals surface area (Å²) in [6.07, 6.45) is 0.756. The van der Waals surface area contributed by atoms with E-state index < -0.39 is 0 Å². The van der Waals surface area contributed by atoms with Crippen molar-refractivity contribution in [3.8, 4) is 5.75 Å². The van der Waals surface area contributed by atoms with E-state index in [1.54, 1.807) is 11.6 Å². The summed E-state index contributed by atoms with van der Waals surface area (Å²) in [4.78, 5) is 12.5. The van der Waals surface area contributed by atoms with Gasteiger partial charge in [-0.3, -0.25) is 9.48 Å². The highest BCUT2D eigenvalue weighted by molar-refractivity contribution is 6.33. The van der Waals surface area contributed by atoms with Gasteiger partial charge in [-0.15, -0.1) is 0 Å². The fourth-order valence-electron chi connectivity index (χ4n) is 2.94. The van der Waals surface area contributed by atoms with Gasteiger partial charge in [0, 0.05) is 13.0 Å². The molecule has 1 aromatic carbocycles. The van der Waals surface area contributed by atoms with Gasteiger partial charge in [-0.25, -0.2) is 0 Å². The minimum absolute atomic E-state index is 0.0452. The molecule has 1 amide bonds. The van der Waals surface area contributed by atoms with Gasteiger partial charge >= 0.3 is 0 Å². The number of para-hydroxylation sites is 1. The molecule has 1 aliphatic heterocycles. The fourth-order valence-corrected chi connectivity index (χ4v) is 3.27. The molecule has 1 aromatic heterocycles. The molecule has 1 N–H and O–H groups in total. The van der Waals surface area contributed by atoms with Crippen LogP contribution in [0.3, 0.4) is 0 Å². The van der Waals surface area contributed by atoms with Crippen LogP contribution >= 0.6 is 11.6 Å². The molecule has 2 heterocycles. The van der Waals surface area contributed by atoms with Crippen LogP contribution in [0, 0.1) is 12.8 Å². The van der Waals surface area contributed by atoms with Crippen molar-refractivity contribution in [1.82, 2.24) is 15.1 Å². The Morgan fingerprint density at radius 3 is 2.92 bits per heavy atom. The molecule has 24 heavy (non-hydrogen) atoms. The van der Waals surface area contributed by atoms with E-state index in [0.29, 0.717) is 35.4 Å². The number of aromatic nitrogens is 2. The normalized spacial score (nSPS) is 16.1. The van der Waals surface area contributed by atoms with Gasteiger partial charge in [0.05, 0.1) is 17.8 Å². The molecule has 0 radical (unpaired) electrons. The zero-order chi connectivity index (χ0) is 17.3. The Balaban J connectivity index is 1.63. The van der Waals surface area contributed by atoms with Crippen molar-refractivity contribution in [2.24, 2.45) is 5.92 Å². The van der Waals surface area contributed by atoms with Gasteiger partial charge in [0.15, 0.2) is 0 Å². The van der Waals surface area contributed by atoms with Crippen LogP contribution in [0.4, 0.5) is 0 Å². The minimum Gasteiger partial charge on any atom is -0.488 e. The molecule has 1 atom stereocenters. The van der Waals surface area contributed by atoms with Crippen LogP contribution in [-0.4, -0.2) is 28.3 Å². The number of nitrogens with one attached hydrogen (secondary N) is 1. The zero-order valence-electron chi connectivity index (χ0n) is 14.2. The summed E-state index contributed by atoms with van der Waals surface area (Å²) in [7, 11) is 0. The molecule has 1 aliphatic rings. The summed E-state index contributed by atoms with van der Waals surface area (Å²) in [5.74, 6) is 1.10. The van der Waals surface area contributed by atoms with Crippen molar-refractivity contribution >= 4 is 17.5 Å². The van der Waals surface area contributed by atoms with E-state index in [1.807, 2.05) is 24.3 Å². The zero-order valence-corrected chi connectivity index (χ0v) is 14.9.